The van der Waals surface area contributed by atoms with E-state index in [0.29, 0.717) is 36.0 Å². The van der Waals surface area contributed by atoms with Gasteiger partial charge in [0.1, 0.15) is 16.9 Å². The number of halogens is 1. The van der Waals surface area contributed by atoms with E-state index >= 15 is 0 Å². The van der Waals surface area contributed by atoms with Crippen molar-refractivity contribution in [3.63, 3.8) is 0 Å². The Morgan fingerprint density at radius 3 is 2.74 bits per heavy atom. The van der Waals surface area contributed by atoms with Crippen LogP contribution in [0.5, 0.6) is 0 Å². The highest BCUT2D eigenvalue weighted by molar-refractivity contribution is 7.10. The number of rotatable bonds is 10. The van der Waals surface area contributed by atoms with Crippen LogP contribution in [-0.4, -0.2) is 73.3 Å². The van der Waals surface area contributed by atoms with Gasteiger partial charge in [-0.3, -0.25) is 20.0 Å². The molecule has 3 rings (SSSR count). The number of benzene rings is 1. The maximum Gasteiger partial charge on any atom is 0.414 e. The molecule has 0 spiro atoms. The number of carbonyl (C=O) groups is 3. The van der Waals surface area contributed by atoms with Gasteiger partial charge in [-0.2, -0.15) is 4.37 Å². The van der Waals surface area contributed by atoms with E-state index in [1.165, 1.54) is 34.4 Å². The van der Waals surface area contributed by atoms with Crippen LogP contribution in [0.4, 0.5) is 30.4 Å². The lowest BCUT2D eigenvalue weighted by atomic mass is 10.2. The summed E-state index contributed by atoms with van der Waals surface area (Å²) in [6.45, 7) is 6.92. The number of aryl methyl sites for hydroxylation is 1. The quantitative estimate of drug-likeness (QED) is 0.423. The molecule has 1 fully saturated rings. The number of nitrogens with zero attached hydrogens (tertiary/aromatic N) is 4. The van der Waals surface area contributed by atoms with Gasteiger partial charge in [-0.05, 0) is 49.6 Å². The second-order valence-electron chi connectivity index (χ2n) is 8.00. The Morgan fingerprint density at radius 2 is 2.11 bits per heavy atom. The minimum Gasteiger partial charge on any atom is -0.442 e. The maximum atomic E-state index is 15.0. The lowest BCUT2D eigenvalue weighted by Gasteiger charge is -2.26. The molecule has 190 valence electrons. The van der Waals surface area contributed by atoms with Crippen LogP contribution in [0.2, 0.25) is 0 Å². The second-order valence-corrected chi connectivity index (χ2v) is 8.80. The highest BCUT2D eigenvalue weighted by Crippen LogP contribution is 2.28. The molecule has 3 N–H and O–H groups in total. The van der Waals surface area contributed by atoms with E-state index in [1.807, 2.05) is 18.7 Å². The van der Waals surface area contributed by atoms with Gasteiger partial charge in [0.15, 0.2) is 0 Å². The monoisotopic (exact) mass is 507 g/mol. The Hall–Kier alpha value is -3.45. The Bertz CT molecular complexity index is 1070. The summed E-state index contributed by atoms with van der Waals surface area (Å²) in [6.07, 6.45) is -1.08. The summed E-state index contributed by atoms with van der Waals surface area (Å²) < 4.78 is 24.4. The predicted octanol–water partition coefficient (Wildman–Crippen LogP) is 2.55. The minimum absolute atomic E-state index is 0.199. The molecular formula is C22H30FN7O4S. The third-order valence-electron chi connectivity index (χ3n) is 5.31. The molecule has 1 atom stereocenters. The second kappa shape index (κ2) is 11.8. The molecule has 35 heavy (non-hydrogen) atoms. The van der Waals surface area contributed by atoms with Gasteiger partial charge in [0.2, 0.25) is 5.91 Å². The highest BCUT2D eigenvalue weighted by Gasteiger charge is 2.32. The molecule has 0 radical (unpaired) electrons. The SMILES string of the molecule is CCN(CCNN(C)C(=O)Nc1cc(C)ns1)c1ccc(N2C[C@H](CNC(C)=O)OC2=O)cc1F. The van der Waals surface area contributed by atoms with E-state index in [2.05, 4.69) is 20.4 Å². The van der Waals surface area contributed by atoms with Gasteiger partial charge in [0.05, 0.1) is 30.2 Å². The Labute approximate surface area is 207 Å². The number of ether oxygens (including phenoxy) is 1. The van der Waals surface area contributed by atoms with Crippen LogP contribution in [0.3, 0.4) is 0 Å². The number of nitrogens with one attached hydrogen (secondary N) is 3. The molecule has 0 saturated carbocycles. The van der Waals surface area contributed by atoms with Crippen molar-refractivity contribution < 1.29 is 23.5 Å². The zero-order valence-electron chi connectivity index (χ0n) is 20.1. The highest BCUT2D eigenvalue weighted by atomic mass is 32.1. The summed E-state index contributed by atoms with van der Waals surface area (Å²) in [5, 5.41) is 7.35. The Kier molecular flexibility index (Phi) is 8.82. The zero-order valence-corrected chi connectivity index (χ0v) is 20.9. The molecule has 4 amide bonds. The summed E-state index contributed by atoms with van der Waals surface area (Å²) >= 11 is 1.21. The molecular weight excluding hydrogens is 477 g/mol. The number of hydrazine groups is 1. The summed E-state index contributed by atoms with van der Waals surface area (Å²) in [6, 6.07) is 6.02. The molecule has 2 heterocycles. The van der Waals surface area contributed by atoms with Gasteiger partial charge in [-0.15, -0.1) is 0 Å². The summed E-state index contributed by atoms with van der Waals surface area (Å²) in [4.78, 5) is 38.7. The van der Waals surface area contributed by atoms with E-state index in [-0.39, 0.29) is 25.0 Å². The number of likely N-dealkylation sites (N-methyl/N-ethyl adjacent to an activating group) is 1. The van der Waals surface area contributed by atoms with Gasteiger partial charge < -0.3 is 15.0 Å². The van der Waals surface area contributed by atoms with Crippen molar-refractivity contribution in [1.29, 1.82) is 0 Å². The number of cyclic esters (lactones) is 1. The molecule has 0 unspecified atom stereocenters. The lowest BCUT2D eigenvalue weighted by Crippen LogP contribution is -2.45. The average molecular weight is 508 g/mol. The fourth-order valence-electron chi connectivity index (χ4n) is 3.50. The zero-order chi connectivity index (χ0) is 25.5. The predicted molar refractivity (Wildman–Crippen MR) is 132 cm³/mol. The lowest BCUT2D eigenvalue weighted by molar-refractivity contribution is -0.119. The molecule has 11 nitrogen and oxygen atoms in total. The van der Waals surface area contributed by atoms with Crippen LogP contribution in [0, 0.1) is 12.7 Å². The number of aromatic nitrogens is 1. The Balaban J connectivity index is 1.54. The summed E-state index contributed by atoms with van der Waals surface area (Å²) in [7, 11) is 1.60. The fraction of sp³-hybridized carbons (Fsp3) is 0.455. The van der Waals surface area contributed by atoms with E-state index in [9.17, 15) is 18.8 Å². The largest absolute Gasteiger partial charge is 0.442 e. The number of anilines is 3. The first-order valence-electron chi connectivity index (χ1n) is 11.2. The molecule has 1 aromatic carbocycles. The number of carbonyl (C=O) groups excluding carboxylic acids is 3. The number of hydrogen-bond acceptors (Lipinski definition) is 8. The van der Waals surface area contributed by atoms with Crippen molar-refractivity contribution in [3.8, 4) is 0 Å². The normalized spacial score (nSPS) is 15.1. The van der Waals surface area contributed by atoms with Crippen molar-refractivity contribution in [2.24, 2.45) is 0 Å². The van der Waals surface area contributed by atoms with Crippen LogP contribution >= 0.6 is 11.5 Å². The van der Waals surface area contributed by atoms with Crippen LogP contribution in [0.1, 0.15) is 19.5 Å². The molecule has 13 heteroatoms. The first-order valence-corrected chi connectivity index (χ1v) is 11.9. The van der Waals surface area contributed by atoms with E-state index in [4.69, 9.17) is 4.74 Å². The molecule has 1 saturated heterocycles. The topological polar surface area (TPSA) is 119 Å². The number of hydrogen-bond donors (Lipinski definition) is 3. The van der Waals surface area contributed by atoms with Crippen LogP contribution in [0.25, 0.3) is 0 Å². The molecule has 1 aliphatic heterocycles. The standard InChI is InChI=1S/C22H30FN7O4S/c1-5-29(9-8-25-28(4)21(32)26-20-10-14(2)27-35-20)19-7-6-16(11-18(19)23)30-13-17(34-22(30)33)12-24-15(3)31/h6-7,10-11,17,25H,5,8-9,12-13H2,1-4H3,(H,24,31)(H,26,32)/t17-/m0/s1. The first kappa shape index (κ1) is 26.2. The summed E-state index contributed by atoms with van der Waals surface area (Å²) in [5.74, 6) is -0.695. The van der Waals surface area contributed by atoms with E-state index in [0.717, 1.165) is 5.69 Å². The molecule has 2 aromatic rings. The van der Waals surface area contributed by atoms with Gasteiger partial charge in [0, 0.05) is 33.6 Å². The van der Waals surface area contributed by atoms with Crippen molar-refractivity contribution in [1.82, 2.24) is 20.1 Å². The average Bonchev–Trinajstić information content (AvgIpc) is 3.40. The fourth-order valence-corrected chi connectivity index (χ4v) is 4.15. The summed E-state index contributed by atoms with van der Waals surface area (Å²) in [5.41, 5.74) is 4.59. The minimum atomic E-state index is -0.584. The third kappa shape index (κ3) is 7.02. The van der Waals surface area contributed by atoms with E-state index in [1.54, 1.807) is 25.2 Å². The molecule has 0 aliphatic carbocycles. The van der Waals surface area contributed by atoms with Gasteiger partial charge in [-0.25, -0.2) is 19.4 Å². The number of amides is 4. The Morgan fingerprint density at radius 1 is 1.34 bits per heavy atom. The van der Waals surface area contributed by atoms with Crippen LogP contribution < -0.4 is 25.9 Å². The first-order chi connectivity index (χ1) is 16.7. The van der Waals surface area contributed by atoms with Crippen LogP contribution in [-0.2, 0) is 9.53 Å². The van der Waals surface area contributed by atoms with E-state index < -0.39 is 18.0 Å². The van der Waals surface area contributed by atoms with Crippen molar-refractivity contribution in [2.45, 2.75) is 26.9 Å². The molecule has 1 aliphatic rings. The smallest absolute Gasteiger partial charge is 0.414 e. The molecule has 0 bridgehead atoms. The van der Waals surface area contributed by atoms with Gasteiger partial charge in [-0.1, -0.05) is 0 Å². The van der Waals surface area contributed by atoms with Crippen molar-refractivity contribution in [2.75, 3.05) is 54.9 Å². The van der Waals surface area contributed by atoms with Gasteiger partial charge >= 0.3 is 12.1 Å². The van der Waals surface area contributed by atoms with Gasteiger partial charge in [0.25, 0.3) is 0 Å². The molecule has 1 aromatic heterocycles. The number of urea groups is 1. The maximum absolute atomic E-state index is 15.0. The van der Waals surface area contributed by atoms with Crippen LogP contribution in [0.15, 0.2) is 24.3 Å². The third-order valence-corrected chi connectivity index (χ3v) is 6.11. The van der Waals surface area contributed by atoms with Crippen molar-refractivity contribution >= 4 is 45.9 Å². The van der Waals surface area contributed by atoms with Crippen molar-refractivity contribution in [3.05, 3.63) is 35.8 Å².